The summed E-state index contributed by atoms with van der Waals surface area (Å²) in [6.45, 7) is 5.73. The summed E-state index contributed by atoms with van der Waals surface area (Å²) in [5, 5.41) is 2.78. The van der Waals surface area contributed by atoms with Crippen molar-refractivity contribution >= 4 is 27.8 Å². The van der Waals surface area contributed by atoms with Gasteiger partial charge in [-0.1, -0.05) is 41.9 Å². The predicted molar refractivity (Wildman–Crippen MR) is 81.2 cm³/mol. The zero-order valence-corrected chi connectivity index (χ0v) is 13.6. The van der Waals surface area contributed by atoms with Gasteiger partial charge in [-0.3, -0.25) is 9.59 Å². The summed E-state index contributed by atoms with van der Waals surface area (Å²) in [5.41, 5.74) is 0.856. The average molecular weight is 342 g/mol. The van der Waals surface area contributed by atoms with Gasteiger partial charge in [-0.25, -0.2) is 0 Å². The molecule has 5 heteroatoms. The zero-order valence-electron chi connectivity index (χ0n) is 12.0. The lowest BCUT2D eigenvalue weighted by Gasteiger charge is -2.17. The van der Waals surface area contributed by atoms with E-state index < -0.39 is 5.97 Å². The Hall–Kier alpha value is -1.36. The number of hydrogen-bond acceptors (Lipinski definition) is 3. The Labute approximate surface area is 128 Å². The zero-order chi connectivity index (χ0) is 15.1. The van der Waals surface area contributed by atoms with Crippen molar-refractivity contribution in [3.05, 3.63) is 34.3 Å². The highest BCUT2D eigenvalue weighted by Gasteiger charge is 2.13. The normalized spacial score (nSPS) is 12.1. The minimum Gasteiger partial charge on any atom is -0.455 e. The van der Waals surface area contributed by atoms with Crippen molar-refractivity contribution in [2.75, 3.05) is 6.61 Å². The third-order valence-corrected chi connectivity index (χ3v) is 3.54. The molecule has 1 aromatic rings. The van der Waals surface area contributed by atoms with Crippen molar-refractivity contribution in [1.82, 2.24) is 5.32 Å². The number of ether oxygens (including phenoxy) is 1. The van der Waals surface area contributed by atoms with Gasteiger partial charge in [0.2, 0.25) is 0 Å². The molecule has 0 bridgehead atoms. The largest absolute Gasteiger partial charge is 0.455 e. The van der Waals surface area contributed by atoms with Crippen LogP contribution in [0.2, 0.25) is 0 Å². The number of nitrogens with one attached hydrogen (secondary N) is 1. The highest BCUT2D eigenvalue weighted by Crippen LogP contribution is 2.11. The highest BCUT2D eigenvalue weighted by molar-refractivity contribution is 9.10. The first-order valence-electron chi connectivity index (χ1n) is 6.58. The van der Waals surface area contributed by atoms with Crippen molar-refractivity contribution in [1.29, 1.82) is 0 Å². The first-order valence-corrected chi connectivity index (χ1v) is 7.37. The fourth-order valence-electron chi connectivity index (χ4n) is 1.43. The number of halogens is 1. The summed E-state index contributed by atoms with van der Waals surface area (Å²) in [5.74, 6) is -0.326. The Morgan fingerprint density at radius 2 is 1.80 bits per heavy atom. The lowest BCUT2D eigenvalue weighted by Crippen LogP contribution is -2.38. The van der Waals surface area contributed by atoms with Gasteiger partial charge < -0.3 is 10.1 Å². The molecule has 1 atom stereocenters. The van der Waals surface area contributed by atoms with E-state index in [1.165, 1.54) is 0 Å². The summed E-state index contributed by atoms with van der Waals surface area (Å²) < 4.78 is 5.91. The Kier molecular flexibility index (Phi) is 6.71. The fourth-order valence-corrected chi connectivity index (χ4v) is 1.69. The molecule has 0 spiro atoms. The third-order valence-electron chi connectivity index (χ3n) is 3.01. The quantitative estimate of drug-likeness (QED) is 0.809. The van der Waals surface area contributed by atoms with E-state index in [0.29, 0.717) is 5.92 Å². The monoisotopic (exact) mass is 341 g/mol. The van der Waals surface area contributed by atoms with Gasteiger partial charge in [0.05, 0.1) is 6.42 Å². The lowest BCUT2D eigenvalue weighted by atomic mass is 10.1. The van der Waals surface area contributed by atoms with Gasteiger partial charge in [0.15, 0.2) is 6.61 Å². The van der Waals surface area contributed by atoms with Crippen LogP contribution in [0.25, 0.3) is 0 Å². The molecular weight excluding hydrogens is 322 g/mol. The molecule has 0 aliphatic rings. The molecule has 0 unspecified atom stereocenters. The second-order valence-corrected chi connectivity index (χ2v) is 5.98. The van der Waals surface area contributed by atoms with Gasteiger partial charge >= 0.3 is 5.97 Å². The van der Waals surface area contributed by atoms with Crippen molar-refractivity contribution < 1.29 is 14.3 Å². The number of benzene rings is 1. The van der Waals surface area contributed by atoms with Crippen LogP contribution in [0.15, 0.2) is 28.7 Å². The number of rotatable bonds is 6. The van der Waals surface area contributed by atoms with Gasteiger partial charge in [-0.05, 0) is 30.5 Å². The van der Waals surface area contributed by atoms with Crippen LogP contribution >= 0.6 is 15.9 Å². The van der Waals surface area contributed by atoms with Gasteiger partial charge in [0.25, 0.3) is 5.91 Å². The van der Waals surface area contributed by atoms with E-state index in [1.807, 2.05) is 45.0 Å². The maximum absolute atomic E-state index is 11.6. The number of hydrogen-bond donors (Lipinski definition) is 1. The molecule has 0 heterocycles. The molecule has 0 saturated carbocycles. The second kappa shape index (κ2) is 8.04. The third kappa shape index (κ3) is 6.19. The molecule has 0 radical (unpaired) electrons. The number of esters is 1. The summed E-state index contributed by atoms with van der Waals surface area (Å²) in [6, 6.07) is 7.46. The molecule has 4 nitrogen and oxygen atoms in total. The SMILES string of the molecule is CC(C)[C@@H](C)NC(=O)COC(=O)Cc1ccc(Br)cc1. The number of carbonyl (C=O) groups excluding carboxylic acids is 2. The predicted octanol–water partition coefficient (Wildman–Crippen LogP) is 2.70. The Morgan fingerprint density at radius 3 is 2.35 bits per heavy atom. The van der Waals surface area contributed by atoms with Crippen LogP contribution in [0.4, 0.5) is 0 Å². The molecule has 0 saturated heterocycles. The average Bonchev–Trinajstić information content (AvgIpc) is 2.39. The molecule has 0 fully saturated rings. The van der Waals surface area contributed by atoms with Crippen LogP contribution in [0.3, 0.4) is 0 Å². The molecule has 1 rings (SSSR count). The first kappa shape index (κ1) is 16.7. The van der Waals surface area contributed by atoms with Crippen LogP contribution in [0.1, 0.15) is 26.3 Å². The van der Waals surface area contributed by atoms with E-state index in [4.69, 9.17) is 4.74 Å². The first-order chi connectivity index (χ1) is 9.38. The Balaban J connectivity index is 2.32. The summed E-state index contributed by atoms with van der Waals surface area (Å²) >= 11 is 3.33. The minimum absolute atomic E-state index is 0.0627. The maximum atomic E-state index is 11.6. The number of amides is 1. The van der Waals surface area contributed by atoms with E-state index >= 15 is 0 Å². The Morgan fingerprint density at radius 1 is 1.20 bits per heavy atom. The summed E-state index contributed by atoms with van der Waals surface area (Å²) in [7, 11) is 0. The fraction of sp³-hybridized carbons (Fsp3) is 0.467. The summed E-state index contributed by atoms with van der Waals surface area (Å²) in [4.78, 5) is 23.2. The minimum atomic E-state index is -0.403. The molecular formula is C15H20BrNO3. The van der Waals surface area contributed by atoms with Crippen LogP contribution in [0.5, 0.6) is 0 Å². The van der Waals surface area contributed by atoms with E-state index in [0.717, 1.165) is 10.0 Å². The van der Waals surface area contributed by atoms with Gasteiger partial charge in [0.1, 0.15) is 0 Å². The van der Waals surface area contributed by atoms with E-state index in [1.54, 1.807) is 0 Å². The van der Waals surface area contributed by atoms with Crippen LogP contribution in [0, 0.1) is 5.92 Å². The molecule has 1 aromatic carbocycles. The Bertz CT molecular complexity index is 457. The van der Waals surface area contributed by atoms with Gasteiger partial charge in [-0.2, -0.15) is 0 Å². The standard InChI is InChI=1S/C15H20BrNO3/c1-10(2)11(3)17-14(18)9-20-15(19)8-12-4-6-13(16)7-5-12/h4-7,10-11H,8-9H2,1-3H3,(H,17,18)/t11-/m1/s1. The van der Waals surface area contributed by atoms with Crippen LogP contribution in [-0.4, -0.2) is 24.5 Å². The number of carbonyl (C=O) groups is 2. The van der Waals surface area contributed by atoms with E-state index in [9.17, 15) is 9.59 Å². The topological polar surface area (TPSA) is 55.4 Å². The van der Waals surface area contributed by atoms with Gasteiger partial charge in [0, 0.05) is 10.5 Å². The van der Waals surface area contributed by atoms with Gasteiger partial charge in [-0.15, -0.1) is 0 Å². The lowest BCUT2D eigenvalue weighted by molar-refractivity contribution is -0.148. The smallest absolute Gasteiger partial charge is 0.310 e. The molecule has 110 valence electrons. The van der Waals surface area contributed by atoms with E-state index in [2.05, 4.69) is 21.2 Å². The maximum Gasteiger partial charge on any atom is 0.310 e. The van der Waals surface area contributed by atoms with Crippen LogP contribution in [-0.2, 0) is 20.7 Å². The molecule has 0 aliphatic carbocycles. The van der Waals surface area contributed by atoms with Crippen LogP contribution < -0.4 is 5.32 Å². The second-order valence-electron chi connectivity index (χ2n) is 5.06. The summed E-state index contributed by atoms with van der Waals surface area (Å²) in [6.07, 6.45) is 0.167. The molecule has 1 amide bonds. The molecule has 1 N–H and O–H groups in total. The van der Waals surface area contributed by atoms with Crippen molar-refractivity contribution in [2.24, 2.45) is 5.92 Å². The van der Waals surface area contributed by atoms with E-state index in [-0.39, 0.29) is 25.0 Å². The highest BCUT2D eigenvalue weighted by atomic mass is 79.9. The van der Waals surface area contributed by atoms with Crippen molar-refractivity contribution in [3.63, 3.8) is 0 Å². The molecule has 0 aromatic heterocycles. The molecule has 20 heavy (non-hydrogen) atoms. The van der Waals surface area contributed by atoms with Crippen molar-refractivity contribution in [2.45, 2.75) is 33.2 Å². The van der Waals surface area contributed by atoms with Crippen molar-refractivity contribution in [3.8, 4) is 0 Å². The molecule has 0 aliphatic heterocycles.